The van der Waals surface area contributed by atoms with E-state index in [2.05, 4.69) is 20.0 Å². The third-order valence-electron chi connectivity index (χ3n) is 4.53. The van der Waals surface area contributed by atoms with E-state index in [4.69, 9.17) is 9.47 Å². The second-order valence-corrected chi connectivity index (χ2v) is 9.44. The standard InChI is InChI=1S/C19H22FN6O2Se/c1-25(2)10-24-16-14-17(22-9-21-16)26(11-23-14)18-13(20)15(19(27-3)28-18)29-12-7-5-4-6-8-12/h4-10,13,15,18-19H,11H2,1-3H3/q+1/t13-,15-,18+,19-/m0/s1. The number of hydrogen-bond donors (Lipinski definition) is 0. The van der Waals surface area contributed by atoms with Gasteiger partial charge in [-0.05, 0) is 0 Å². The van der Waals surface area contributed by atoms with Crippen LogP contribution in [0.3, 0.4) is 0 Å². The monoisotopic (exact) mass is 465 g/mol. The number of nitrogens with zero attached hydrogens (tertiary/aromatic N) is 6. The van der Waals surface area contributed by atoms with Crippen LogP contribution in [0.5, 0.6) is 0 Å². The minimum atomic E-state index is -1.23. The maximum atomic E-state index is 15.5. The van der Waals surface area contributed by atoms with E-state index >= 15 is 4.39 Å². The van der Waals surface area contributed by atoms with Crippen LogP contribution in [-0.2, 0) is 9.47 Å². The molecule has 4 atom stereocenters. The number of alkyl halides is 1. The van der Waals surface area contributed by atoms with Crippen LogP contribution >= 0.6 is 0 Å². The molecular formula is C19H22FN6O2Se+. The summed E-state index contributed by atoms with van der Waals surface area (Å²) >= 11 is -0.136. The van der Waals surface area contributed by atoms with Crippen molar-refractivity contribution in [2.45, 2.75) is 23.5 Å². The molecule has 0 radical (unpaired) electrons. The molecule has 2 aromatic rings. The van der Waals surface area contributed by atoms with E-state index in [1.807, 2.05) is 44.4 Å². The Morgan fingerprint density at radius 1 is 1.31 bits per heavy atom. The number of hydrogen-bond acceptors (Lipinski definition) is 6. The zero-order valence-electron chi connectivity index (χ0n) is 16.3. The number of fused-ring (bicyclic) bond motifs is 1. The second-order valence-electron chi connectivity index (χ2n) is 6.82. The normalized spacial score (nSPS) is 26.0. The van der Waals surface area contributed by atoms with Gasteiger partial charge in [0, 0.05) is 0 Å². The van der Waals surface area contributed by atoms with Gasteiger partial charge in [0.15, 0.2) is 0 Å². The minimum absolute atomic E-state index is 0.136. The van der Waals surface area contributed by atoms with Crippen LogP contribution < -0.4 is 19.9 Å². The molecule has 4 rings (SSSR count). The number of methoxy groups -OCH3 is 1. The van der Waals surface area contributed by atoms with E-state index in [0.717, 1.165) is 4.46 Å². The van der Waals surface area contributed by atoms with Gasteiger partial charge in [-0.2, -0.15) is 0 Å². The van der Waals surface area contributed by atoms with Crippen LogP contribution in [0.25, 0.3) is 0 Å². The Morgan fingerprint density at radius 2 is 2.10 bits per heavy atom. The van der Waals surface area contributed by atoms with E-state index < -0.39 is 18.7 Å². The summed E-state index contributed by atoms with van der Waals surface area (Å²) in [5.74, 6) is 0.452. The summed E-state index contributed by atoms with van der Waals surface area (Å²) in [5, 5.41) is 0.549. The molecule has 0 unspecified atom stereocenters. The Morgan fingerprint density at radius 3 is 2.83 bits per heavy atom. The SMILES string of the molecule is CO[C@H]1O[C@@H]([N+]2=c3ncnc(N=CN(C)C)c3=NC2)[C@@H](F)[C@@H]1[Se]c1ccccc1. The van der Waals surface area contributed by atoms with Crippen LogP contribution in [0.2, 0.25) is 4.82 Å². The van der Waals surface area contributed by atoms with E-state index in [1.54, 1.807) is 22.9 Å². The number of aliphatic imine (C=N–C) groups is 1. The van der Waals surface area contributed by atoms with Crippen LogP contribution in [0.4, 0.5) is 10.2 Å². The Bertz CT molecular complexity index is 1020. The quantitative estimate of drug-likeness (QED) is 0.244. The average molecular weight is 464 g/mol. The van der Waals surface area contributed by atoms with Crippen molar-refractivity contribution in [3.8, 4) is 0 Å². The number of benzene rings is 1. The van der Waals surface area contributed by atoms with Gasteiger partial charge in [0.05, 0.1) is 0 Å². The molecule has 1 saturated heterocycles. The Hall–Kier alpha value is -2.26. The summed E-state index contributed by atoms with van der Waals surface area (Å²) in [6, 6.07) is 9.89. The van der Waals surface area contributed by atoms with Gasteiger partial charge < -0.3 is 0 Å². The number of halogens is 1. The molecule has 0 amide bonds. The first-order valence-electron chi connectivity index (χ1n) is 9.12. The summed E-state index contributed by atoms with van der Waals surface area (Å²) in [7, 11) is 5.29. The van der Waals surface area contributed by atoms with Gasteiger partial charge in [-0.1, -0.05) is 0 Å². The molecule has 0 spiro atoms. The Labute approximate surface area is 174 Å². The van der Waals surface area contributed by atoms with E-state index in [1.165, 1.54) is 6.33 Å². The molecule has 0 N–H and O–H groups in total. The first kappa shape index (κ1) is 20.0. The van der Waals surface area contributed by atoms with E-state index in [0.29, 0.717) is 16.7 Å². The molecule has 10 heteroatoms. The van der Waals surface area contributed by atoms with Gasteiger partial charge in [0.2, 0.25) is 0 Å². The summed E-state index contributed by atoms with van der Waals surface area (Å²) in [4.78, 5) is 18.8. The fraction of sp³-hybridized carbons (Fsp3) is 0.421. The van der Waals surface area contributed by atoms with Crippen molar-refractivity contribution in [2.24, 2.45) is 9.98 Å². The molecule has 2 aliphatic rings. The molecule has 1 aromatic carbocycles. The fourth-order valence-corrected chi connectivity index (χ4v) is 5.68. The van der Waals surface area contributed by atoms with Crippen molar-refractivity contribution in [1.29, 1.82) is 0 Å². The van der Waals surface area contributed by atoms with Gasteiger partial charge in [-0.15, -0.1) is 0 Å². The molecule has 0 bridgehead atoms. The summed E-state index contributed by atoms with van der Waals surface area (Å²) in [6.07, 6.45) is 0.388. The van der Waals surface area contributed by atoms with Crippen molar-refractivity contribution in [3.63, 3.8) is 0 Å². The summed E-state index contributed by atoms with van der Waals surface area (Å²) in [5.41, 5.74) is 0.529. The van der Waals surface area contributed by atoms with Crippen molar-refractivity contribution in [2.75, 3.05) is 27.9 Å². The van der Waals surface area contributed by atoms with E-state index in [-0.39, 0.29) is 26.4 Å². The third kappa shape index (κ3) is 4.06. The first-order valence-corrected chi connectivity index (χ1v) is 11.0. The topological polar surface area (TPSA) is 75.2 Å². The Kier molecular flexibility index (Phi) is 5.96. The predicted octanol–water partition coefficient (Wildman–Crippen LogP) is -0.735. The van der Waals surface area contributed by atoms with Crippen molar-refractivity contribution in [1.82, 2.24) is 19.4 Å². The molecular weight excluding hydrogens is 442 g/mol. The molecule has 29 heavy (non-hydrogen) atoms. The van der Waals surface area contributed by atoms with Crippen molar-refractivity contribution >= 4 is 31.6 Å². The Balaban J connectivity index is 1.66. The average Bonchev–Trinajstić information content (AvgIpc) is 3.29. The van der Waals surface area contributed by atoms with Crippen LogP contribution in [0, 0.1) is 0 Å². The molecule has 0 aliphatic carbocycles. The fourth-order valence-electron chi connectivity index (χ4n) is 3.21. The van der Waals surface area contributed by atoms with Crippen LogP contribution in [-0.4, -0.2) is 82.7 Å². The van der Waals surface area contributed by atoms with Crippen LogP contribution in [0.1, 0.15) is 0 Å². The molecule has 1 aromatic heterocycles. The van der Waals surface area contributed by atoms with Gasteiger partial charge in [0.1, 0.15) is 0 Å². The summed E-state index contributed by atoms with van der Waals surface area (Å²) < 4.78 is 29.8. The van der Waals surface area contributed by atoms with Crippen LogP contribution in [0.15, 0.2) is 46.6 Å². The van der Waals surface area contributed by atoms with E-state index in [9.17, 15) is 0 Å². The van der Waals surface area contributed by atoms with Gasteiger partial charge in [-0.25, -0.2) is 0 Å². The predicted molar refractivity (Wildman–Crippen MR) is 107 cm³/mol. The van der Waals surface area contributed by atoms with Crippen molar-refractivity contribution in [3.05, 3.63) is 47.5 Å². The molecule has 8 nitrogen and oxygen atoms in total. The molecule has 1 fully saturated rings. The van der Waals surface area contributed by atoms with Gasteiger partial charge >= 0.3 is 174 Å². The van der Waals surface area contributed by atoms with Gasteiger partial charge in [-0.3, -0.25) is 0 Å². The maximum absolute atomic E-state index is 15.5. The summed E-state index contributed by atoms with van der Waals surface area (Å²) in [6.45, 7) is 0.241. The molecule has 2 aliphatic heterocycles. The molecule has 0 saturated carbocycles. The molecule has 152 valence electrons. The number of aromatic nitrogens is 2. The second kappa shape index (κ2) is 8.62. The molecule has 3 heterocycles. The van der Waals surface area contributed by atoms with Gasteiger partial charge in [0.25, 0.3) is 0 Å². The number of rotatable bonds is 6. The third-order valence-corrected chi connectivity index (χ3v) is 7.26. The zero-order chi connectivity index (χ0) is 20.4. The number of ether oxygens (including phenoxy) is 2. The first-order chi connectivity index (χ1) is 14.1. The van der Waals surface area contributed by atoms with Crippen molar-refractivity contribution < 1.29 is 13.9 Å². The zero-order valence-corrected chi connectivity index (χ0v) is 18.1.